The summed E-state index contributed by atoms with van der Waals surface area (Å²) in [6, 6.07) is 15.5. The predicted molar refractivity (Wildman–Crippen MR) is 124 cm³/mol. The number of amides is 1. The molecule has 0 saturated carbocycles. The Morgan fingerprint density at radius 1 is 1.04 bits per heavy atom. The van der Waals surface area contributed by atoms with Crippen molar-refractivity contribution in [1.29, 1.82) is 0 Å². The fraction of sp³-hybridized carbons (Fsp3) is 0.300. The van der Waals surface area contributed by atoms with Crippen LogP contribution in [0.5, 0.6) is 0 Å². The summed E-state index contributed by atoms with van der Waals surface area (Å²) in [5, 5.41) is 10.1. The summed E-state index contributed by atoms with van der Waals surface area (Å²) in [4.78, 5) is 15.8. The van der Waals surface area contributed by atoms with Crippen molar-refractivity contribution in [3.8, 4) is 0 Å². The van der Waals surface area contributed by atoms with Crippen LogP contribution in [-0.2, 0) is 17.9 Å². The van der Waals surface area contributed by atoms with Crippen LogP contribution < -0.4 is 16.0 Å². The van der Waals surface area contributed by atoms with E-state index in [-0.39, 0.29) is 29.9 Å². The molecule has 0 bridgehead atoms. The molecule has 0 heterocycles. The number of anilines is 1. The van der Waals surface area contributed by atoms with E-state index in [0.717, 1.165) is 28.3 Å². The van der Waals surface area contributed by atoms with E-state index in [1.807, 2.05) is 55.5 Å². The molecule has 2 aromatic rings. The van der Waals surface area contributed by atoms with Gasteiger partial charge < -0.3 is 16.0 Å². The summed E-state index contributed by atoms with van der Waals surface area (Å²) in [5.74, 6) is 0.759. The van der Waals surface area contributed by atoms with Gasteiger partial charge in [0.05, 0.1) is 0 Å². The van der Waals surface area contributed by atoms with Crippen LogP contribution in [0.1, 0.15) is 30.9 Å². The minimum absolute atomic E-state index is 0. The van der Waals surface area contributed by atoms with Gasteiger partial charge in [-0.05, 0) is 41.8 Å². The third-order valence-electron chi connectivity index (χ3n) is 3.75. The van der Waals surface area contributed by atoms with Crippen molar-refractivity contribution in [2.45, 2.75) is 32.9 Å². The van der Waals surface area contributed by atoms with Gasteiger partial charge in [-0.1, -0.05) is 42.8 Å². The van der Waals surface area contributed by atoms with Crippen molar-refractivity contribution in [3.05, 3.63) is 64.7 Å². The standard InChI is InChI=1S/C20H25ClN4O.HI/c1-3-5-19(26)25-18-10-8-15(9-11-18)13-23-20(22-2)24-14-16-6-4-7-17(21)12-16;/h4,6-12H,3,5,13-14H2,1-2H3,(H,25,26)(H2,22,23,24);1H. The second-order valence-electron chi connectivity index (χ2n) is 5.90. The number of benzene rings is 2. The molecule has 0 aromatic heterocycles. The number of halogens is 2. The summed E-state index contributed by atoms with van der Waals surface area (Å²) in [7, 11) is 1.74. The van der Waals surface area contributed by atoms with E-state index < -0.39 is 0 Å². The Hall–Kier alpha value is -1.80. The molecular formula is C20H26ClIN4O. The monoisotopic (exact) mass is 500 g/mol. The van der Waals surface area contributed by atoms with Crippen LogP contribution in [0.3, 0.4) is 0 Å². The molecule has 2 aromatic carbocycles. The fourth-order valence-corrected chi connectivity index (χ4v) is 2.61. The lowest BCUT2D eigenvalue weighted by Crippen LogP contribution is -2.36. The Kier molecular flexibility index (Phi) is 10.8. The number of nitrogens with zero attached hydrogens (tertiary/aromatic N) is 1. The zero-order valence-electron chi connectivity index (χ0n) is 15.6. The third kappa shape index (κ3) is 8.62. The highest BCUT2D eigenvalue weighted by atomic mass is 127. The smallest absolute Gasteiger partial charge is 0.224 e. The highest BCUT2D eigenvalue weighted by molar-refractivity contribution is 14.0. The topological polar surface area (TPSA) is 65.5 Å². The van der Waals surface area contributed by atoms with Gasteiger partial charge in [0.25, 0.3) is 0 Å². The van der Waals surface area contributed by atoms with Gasteiger partial charge in [-0.25, -0.2) is 0 Å². The number of aliphatic imine (C=N–C) groups is 1. The number of nitrogens with one attached hydrogen (secondary N) is 3. The molecule has 0 aliphatic rings. The van der Waals surface area contributed by atoms with E-state index in [0.29, 0.717) is 25.5 Å². The first-order valence-corrected chi connectivity index (χ1v) is 9.06. The molecular weight excluding hydrogens is 475 g/mol. The molecule has 0 spiro atoms. The second kappa shape index (κ2) is 12.6. The van der Waals surface area contributed by atoms with Crippen LogP contribution in [0.25, 0.3) is 0 Å². The Bertz CT molecular complexity index is 750. The van der Waals surface area contributed by atoms with E-state index in [2.05, 4.69) is 20.9 Å². The van der Waals surface area contributed by atoms with Crippen LogP contribution in [0.2, 0.25) is 5.02 Å². The van der Waals surface area contributed by atoms with Crippen molar-refractivity contribution >= 4 is 53.1 Å². The quantitative estimate of drug-likeness (QED) is 0.297. The third-order valence-corrected chi connectivity index (χ3v) is 3.98. The molecule has 0 aliphatic heterocycles. The molecule has 0 radical (unpaired) electrons. The van der Waals surface area contributed by atoms with E-state index in [1.165, 1.54) is 0 Å². The summed E-state index contributed by atoms with van der Waals surface area (Å²) >= 11 is 6.00. The maximum absolute atomic E-state index is 11.6. The summed E-state index contributed by atoms with van der Waals surface area (Å²) < 4.78 is 0. The van der Waals surface area contributed by atoms with E-state index in [1.54, 1.807) is 7.05 Å². The normalized spacial score (nSPS) is 10.7. The number of carbonyl (C=O) groups is 1. The summed E-state index contributed by atoms with van der Waals surface area (Å²) in [5.41, 5.74) is 3.01. The first-order chi connectivity index (χ1) is 12.6. The lowest BCUT2D eigenvalue weighted by Gasteiger charge is -2.12. The Labute approximate surface area is 183 Å². The fourth-order valence-electron chi connectivity index (χ4n) is 2.40. The molecule has 0 saturated heterocycles. The van der Waals surface area contributed by atoms with Gasteiger partial charge >= 0.3 is 0 Å². The van der Waals surface area contributed by atoms with E-state index in [9.17, 15) is 4.79 Å². The number of guanidine groups is 1. The average Bonchev–Trinajstić information content (AvgIpc) is 2.63. The van der Waals surface area contributed by atoms with Crippen molar-refractivity contribution < 1.29 is 4.79 Å². The highest BCUT2D eigenvalue weighted by Crippen LogP contribution is 2.11. The lowest BCUT2D eigenvalue weighted by molar-refractivity contribution is -0.116. The molecule has 0 aliphatic carbocycles. The highest BCUT2D eigenvalue weighted by Gasteiger charge is 2.02. The zero-order chi connectivity index (χ0) is 18.8. The molecule has 146 valence electrons. The van der Waals surface area contributed by atoms with Gasteiger partial charge in [0, 0.05) is 37.3 Å². The molecule has 1 amide bonds. The lowest BCUT2D eigenvalue weighted by atomic mass is 10.2. The minimum Gasteiger partial charge on any atom is -0.352 e. The van der Waals surface area contributed by atoms with Gasteiger partial charge in [0.1, 0.15) is 0 Å². The van der Waals surface area contributed by atoms with E-state index >= 15 is 0 Å². The molecule has 27 heavy (non-hydrogen) atoms. The van der Waals surface area contributed by atoms with Crippen LogP contribution in [-0.4, -0.2) is 18.9 Å². The van der Waals surface area contributed by atoms with Crippen molar-refractivity contribution in [2.75, 3.05) is 12.4 Å². The van der Waals surface area contributed by atoms with Crippen LogP contribution in [0.4, 0.5) is 5.69 Å². The first kappa shape index (κ1) is 23.2. The molecule has 0 fully saturated rings. The largest absolute Gasteiger partial charge is 0.352 e. The average molecular weight is 501 g/mol. The maximum atomic E-state index is 11.6. The van der Waals surface area contributed by atoms with E-state index in [4.69, 9.17) is 11.6 Å². The number of hydrogen-bond acceptors (Lipinski definition) is 2. The Morgan fingerprint density at radius 3 is 2.30 bits per heavy atom. The second-order valence-corrected chi connectivity index (χ2v) is 6.34. The van der Waals surface area contributed by atoms with Gasteiger partial charge in [-0.3, -0.25) is 9.79 Å². The first-order valence-electron chi connectivity index (χ1n) is 8.68. The molecule has 3 N–H and O–H groups in total. The molecule has 5 nitrogen and oxygen atoms in total. The minimum atomic E-state index is 0. The SMILES string of the molecule is CCCC(=O)Nc1ccc(CNC(=NC)NCc2cccc(Cl)c2)cc1.I. The summed E-state index contributed by atoms with van der Waals surface area (Å²) in [6.45, 7) is 3.27. The zero-order valence-corrected chi connectivity index (χ0v) is 18.7. The molecule has 7 heteroatoms. The van der Waals surface area contributed by atoms with Gasteiger partial charge in [-0.2, -0.15) is 0 Å². The van der Waals surface area contributed by atoms with Crippen LogP contribution >= 0.6 is 35.6 Å². The van der Waals surface area contributed by atoms with Crippen molar-refractivity contribution in [2.24, 2.45) is 4.99 Å². The van der Waals surface area contributed by atoms with Crippen LogP contribution in [0, 0.1) is 0 Å². The number of carbonyl (C=O) groups excluding carboxylic acids is 1. The summed E-state index contributed by atoms with van der Waals surface area (Å²) in [6.07, 6.45) is 1.38. The Morgan fingerprint density at radius 2 is 1.70 bits per heavy atom. The molecule has 0 unspecified atom stereocenters. The molecule has 0 atom stereocenters. The number of rotatable bonds is 7. The van der Waals surface area contributed by atoms with Gasteiger partial charge in [0.2, 0.25) is 5.91 Å². The van der Waals surface area contributed by atoms with Crippen LogP contribution in [0.15, 0.2) is 53.5 Å². The van der Waals surface area contributed by atoms with Gasteiger partial charge in [-0.15, -0.1) is 24.0 Å². The van der Waals surface area contributed by atoms with Crippen molar-refractivity contribution in [1.82, 2.24) is 10.6 Å². The van der Waals surface area contributed by atoms with Gasteiger partial charge in [0.15, 0.2) is 5.96 Å². The molecule has 2 rings (SSSR count). The maximum Gasteiger partial charge on any atom is 0.224 e. The predicted octanol–water partition coefficient (Wildman–Crippen LogP) is 4.56. The number of hydrogen-bond donors (Lipinski definition) is 3. The Balaban J connectivity index is 0.00000364. The van der Waals surface area contributed by atoms with Crippen molar-refractivity contribution in [3.63, 3.8) is 0 Å².